The standard InChI is InChI=1S/C16H24N2O/c1-11-8-9-15(17-3)14(10-11)16(19)18-12(2)13-6-4-5-7-13/h8-10,12-13,17H,4-7H2,1-3H3,(H,18,19). The lowest BCUT2D eigenvalue weighted by atomic mass is 9.99. The quantitative estimate of drug-likeness (QED) is 0.871. The van der Waals surface area contributed by atoms with Crippen molar-refractivity contribution in [1.29, 1.82) is 0 Å². The van der Waals surface area contributed by atoms with Gasteiger partial charge in [-0.1, -0.05) is 24.5 Å². The fourth-order valence-corrected chi connectivity index (χ4v) is 2.92. The van der Waals surface area contributed by atoms with E-state index in [1.165, 1.54) is 25.7 Å². The lowest BCUT2D eigenvalue weighted by Gasteiger charge is -2.21. The van der Waals surface area contributed by atoms with E-state index in [4.69, 9.17) is 0 Å². The summed E-state index contributed by atoms with van der Waals surface area (Å²) in [7, 11) is 1.85. The zero-order chi connectivity index (χ0) is 13.8. The highest BCUT2D eigenvalue weighted by molar-refractivity contribution is 5.99. The number of aryl methyl sites for hydroxylation is 1. The van der Waals surface area contributed by atoms with E-state index < -0.39 is 0 Å². The van der Waals surface area contributed by atoms with Crippen LogP contribution in [0.25, 0.3) is 0 Å². The molecule has 19 heavy (non-hydrogen) atoms. The Labute approximate surface area is 115 Å². The third-order valence-corrected chi connectivity index (χ3v) is 4.15. The van der Waals surface area contributed by atoms with Gasteiger partial charge in [0.25, 0.3) is 5.91 Å². The van der Waals surface area contributed by atoms with Gasteiger partial charge in [0.15, 0.2) is 0 Å². The summed E-state index contributed by atoms with van der Waals surface area (Å²) >= 11 is 0. The number of carbonyl (C=O) groups excluding carboxylic acids is 1. The summed E-state index contributed by atoms with van der Waals surface area (Å²) < 4.78 is 0. The van der Waals surface area contributed by atoms with Crippen LogP contribution in [0.2, 0.25) is 0 Å². The molecule has 0 spiro atoms. The Morgan fingerprint density at radius 2 is 2.00 bits per heavy atom. The van der Waals surface area contributed by atoms with Gasteiger partial charge in [-0.15, -0.1) is 0 Å². The molecule has 1 atom stereocenters. The number of hydrogen-bond acceptors (Lipinski definition) is 2. The van der Waals surface area contributed by atoms with Crippen LogP contribution >= 0.6 is 0 Å². The number of benzene rings is 1. The van der Waals surface area contributed by atoms with Crippen LogP contribution in [-0.4, -0.2) is 19.0 Å². The molecule has 0 bridgehead atoms. The first-order valence-electron chi connectivity index (χ1n) is 7.21. The van der Waals surface area contributed by atoms with Crippen molar-refractivity contribution in [3.8, 4) is 0 Å². The van der Waals surface area contributed by atoms with E-state index in [1.807, 2.05) is 32.2 Å². The Hall–Kier alpha value is -1.51. The minimum Gasteiger partial charge on any atom is -0.387 e. The third-order valence-electron chi connectivity index (χ3n) is 4.15. The zero-order valence-electron chi connectivity index (χ0n) is 12.1. The van der Waals surface area contributed by atoms with E-state index in [2.05, 4.69) is 17.6 Å². The van der Waals surface area contributed by atoms with Gasteiger partial charge in [-0.2, -0.15) is 0 Å². The Balaban J connectivity index is 2.08. The molecule has 1 amide bonds. The summed E-state index contributed by atoms with van der Waals surface area (Å²) in [5.41, 5.74) is 2.74. The van der Waals surface area contributed by atoms with Crippen molar-refractivity contribution >= 4 is 11.6 Å². The van der Waals surface area contributed by atoms with Crippen molar-refractivity contribution in [3.63, 3.8) is 0 Å². The van der Waals surface area contributed by atoms with Gasteiger partial charge in [-0.25, -0.2) is 0 Å². The molecule has 1 fully saturated rings. The monoisotopic (exact) mass is 260 g/mol. The van der Waals surface area contributed by atoms with Crippen molar-refractivity contribution in [2.75, 3.05) is 12.4 Å². The van der Waals surface area contributed by atoms with Crippen LogP contribution in [0.3, 0.4) is 0 Å². The van der Waals surface area contributed by atoms with Crippen LogP contribution in [0.1, 0.15) is 48.5 Å². The molecule has 1 aromatic rings. The normalized spacial score (nSPS) is 17.2. The maximum Gasteiger partial charge on any atom is 0.253 e. The van der Waals surface area contributed by atoms with E-state index >= 15 is 0 Å². The molecule has 3 heteroatoms. The van der Waals surface area contributed by atoms with Crippen LogP contribution in [0, 0.1) is 12.8 Å². The predicted molar refractivity (Wildman–Crippen MR) is 79.6 cm³/mol. The van der Waals surface area contributed by atoms with E-state index in [0.29, 0.717) is 5.92 Å². The lowest BCUT2D eigenvalue weighted by molar-refractivity contribution is 0.0928. The van der Waals surface area contributed by atoms with Crippen molar-refractivity contribution in [2.24, 2.45) is 5.92 Å². The first kappa shape index (κ1) is 13.9. The molecule has 104 valence electrons. The minimum atomic E-state index is 0.0347. The predicted octanol–water partition coefficient (Wildman–Crippen LogP) is 3.35. The molecule has 1 saturated carbocycles. The van der Waals surface area contributed by atoms with Gasteiger partial charge in [0.2, 0.25) is 0 Å². The molecule has 2 rings (SSSR count). The SMILES string of the molecule is CNc1ccc(C)cc1C(=O)NC(C)C1CCCC1. The van der Waals surface area contributed by atoms with Gasteiger partial charge in [0.1, 0.15) is 0 Å². The molecule has 3 nitrogen and oxygen atoms in total. The highest BCUT2D eigenvalue weighted by Gasteiger charge is 2.23. The molecule has 1 unspecified atom stereocenters. The smallest absolute Gasteiger partial charge is 0.253 e. The van der Waals surface area contributed by atoms with Gasteiger partial charge in [0, 0.05) is 18.8 Å². The van der Waals surface area contributed by atoms with E-state index in [-0.39, 0.29) is 11.9 Å². The number of anilines is 1. The van der Waals surface area contributed by atoms with Gasteiger partial charge < -0.3 is 10.6 Å². The van der Waals surface area contributed by atoms with Gasteiger partial charge in [-0.05, 0) is 44.7 Å². The molecule has 0 radical (unpaired) electrons. The second-order valence-electron chi connectivity index (χ2n) is 5.61. The Morgan fingerprint density at radius 1 is 1.32 bits per heavy atom. The van der Waals surface area contributed by atoms with Crippen molar-refractivity contribution < 1.29 is 4.79 Å². The molecule has 1 aliphatic rings. The highest BCUT2D eigenvalue weighted by atomic mass is 16.1. The van der Waals surface area contributed by atoms with Crippen LogP contribution in [-0.2, 0) is 0 Å². The van der Waals surface area contributed by atoms with Crippen molar-refractivity contribution in [2.45, 2.75) is 45.6 Å². The second kappa shape index (κ2) is 6.09. The van der Waals surface area contributed by atoms with Crippen LogP contribution < -0.4 is 10.6 Å². The molecular weight excluding hydrogens is 236 g/mol. The number of nitrogens with one attached hydrogen (secondary N) is 2. The Kier molecular flexibility index (Phi) is 4.46. The summed E-state index contributed by atoms with van der Waals surface area (Å²) in [5, 5.41) is 6.25. The molecule has 1 aliphatic carbocycles. The van der Waals surface area contributed by atoms with Crippen LogP contribution in [0.4, 0.5) is 5.69 Å². The van der Waals surface area contributed by atoms with Gasteiger partial charge in [0.05, 0.1) is 5.56 Å². The van der Waals surface area contributed by atoms with Crippen molar-refractivity contribution in [1.82, 2.24) is 5.32 Å². The summed E-state index contributed by atoms with van der Waals surface area (Å²) in [6, 6.07) is 6.19. The molecular formula is C16H24N2O. The number of rotatable bonds is 4. The summed E-state index contributed by atoms with van der Waals surface area (Å²) in [6.45, 7) is 4.14. The fourth-order valence-electron chi connectivity index (χ4n) is 2.92. The molecule has 0 heterocycles. The van der Waals surface area contributed by atoms with E-state index in [1.54, 1.807) is 0 Å². The van der Waals surface area contributed by atoms with Gasteiger partial charge >= 0.3 is 0 Å². The molecule has 0 aromatic heterocycles. The minimum absolute atomic E-state index is 0.0347. The van der Waals surface area contributed by atoms with Gasteiger partial charge in [-0.3, -0.25) is 4.79 Å². The maximum absolute atomic E-state index is 12.4. The third kappa shape index (κ3) is 3.28. The van der Waals surface area contributed by atoms with Crippen molar-refractivity contribution in [3.05, 3.63) is 29.3 Å². The largest absolute Gasteiger partial charge is 0.387 e. The Morgan fingerprint density at radius 3 is 2.63 bits per heavy atom. The molecule has 2 N–H and O–H groups in total. The number of amides is 1. The highest BCUT2D eigenvalue weighted by Crippen LogP contribution is 2.28. The zero-order valence-corrected chi connectivity index (χ0v) is 12.1. The van der Waals surface area contributed by atoms with Crippen LogP contribution in [0.15, 0.2) is 18.2 Å². The molecule has 0 aliphatic heterocycles. The lowest BCUT2D eigenvalue weighted by Crippen LogP contribution is -2.37. The summed E-state index contributed by atoms with van der Waals surface area (Å²) in [5.74, 6) is 0.680. The molecule has 0 saturated heterocycles. The average Bonchev–Trinajstić information content (AvgIpc) is 2.92. The summed E-state index contributed by atoms with van der Waals surface area (Å²) in [6.07, 6.45) is 5.09. The van der Waals surface area contributed by atoms with E-state index in [0.717, 1.165) is 16.8 Å². The van der Waals surface area contributed by atoms with Crippen LogP contribution in [0.5, 0.6) is 0 Å². The Bertz CT molecular complexity index is 450. The summed E-state index contributed by atoms with van der Waals surface area (Å²) in [4.78, 5) is 12.4. The fraction of sp³-hybridized carbons (Fsp3) is 0.562. The number of carbonyl (C=O) groups is 1. The first-order chi connectivity index (χ1) is 9.11. The topological polar surface area (TPSA) is 41.1 Å². The van der Waals surface area contributed by atoms with E-state index in [9.17, 15) is 4.79 Å². The average molecular weight is 260 g/mol. The molecule has 1 aromatic carbocycles. The maximum atomic E-state index is 12.4. The first-order valence-corrected chi connectivity index (χ1v) is 7.21. The second-order valence-corrected chi connectivity index (χ2v) is 5.61. The number of hydrogen-bond donors (Lipinski definition) is 2.